The van der Waals surface area contributed by atoms with Gasteiger partial charge in [-0.3, -0.25) is 4.79 Å². The molecule has 1 N–H and O–H groups in total. The molecule has 5 heteroatoms. The highest BCUT2D eigenvalue weighted by Gasteiger charge is 2.27. The van der Waals surface area contributed by atoms with Crippen LogP contribution in [0.4, 0.5) is 10.1 Å². The third-order valence-corrected chi connectivity index (χ3v) is 5.57. The summed E-state index contributed by atoms with van der Waals surface area (Å²) in [4.78, 5) is 15.0. The first-order valence-electron chi connectivity index (χ1n) is 9.70. The zero-order valence-corrected chi connectivity index (χ0v) is 15.4. The van der Waals surface area contributed by atoms with Crippen molar-refractivity contribution in [3.05, 3.63) is 59.9 Å². The van der Waals surface area contributed by atoms with Crippen molar-refractivity contribution in [2.45, 2.75) is 31.7 Å². The van der Waals surface area contributed by atoms with Crippen LogP contribution in [0.15, 0.2) is 48.5 Å². The van der Waals surface area contributed by atoms with Crippen LogP contribution in [0.5, 0.6) is 5.75 Å². The second-order valence-electron chi connectivity index (χ2n) is 7.39. The number of carbonyl (C=O) groups is 1. The van der Waals surface area contributed by atoms with Gasteiger partial charge in [-0.05, 0) is 61.6 Å². The van der Waals surface area contributed by atoms with Crippen molar-refractivity contribution in [3.63, 3.8) is 0 Å². The largest absolute Gasteiger partial charge is 0.493 e. The standard InChI is InChI=1S/C22H25FN2O2/c23-18-5-7-20(8-6-18)25-12-9-19(10-13-25)24-22(26)17-11-14-27-21-4-2-1-3-16(21)15-17/h1-8,17,19H,9-15H2,(H,24,26)/t17-/m1/s1. The maximum absolute atomic E-state index is 13.1. The molecule has 0 aliphatic carbocycles. The lowest BCUT2D eigenvalue weighted by atomic mass is 9.95. The first-order chi connectivity index (χ1) is 13.2. The number of piperidine rings is 1. The Balaban J connectivity index is 1.31. The molecule has 0 spiro atoms. The highest BCUT2D eigenvalue weighted by molar-refractivity contribution is 5.79. The highest BCUT2D eigenvalue weighted by Crippen LogP contribution is 2.27. The number of anilines is 1. The van der Waals surface area contributed by atoms with Crippen LogP contribution in [-0.4, -0.2) is 31.6 Å². The van der Waals surface area contributed by atoms with E-state index < -0.39 is 0 Å². The summed E-state index contributed by atoms with van der Waals surface area (Å²) in [6.07, 6.45) is 3.29. The predicted octanol–water partition coefficient (Wildman–Crippen LogP) is 3.55. The van der Waals surface area contributed by atoms with Gasteiger partial charge in [-0.1, -0.05) is 18.2 Å². The third-order valence-electron chi connectivity index (χ3n) is 5.57. The van der Waals surface area contributed by atoms with Crippen molar-refractivity contribution in [2.75, 3.05) is 24.6 Å². The van der Waals surface area contributed by atoms with E-state index in [4.69, 9.17) is 4.74 Å². The Hall–Kier alpha value is -2.56. The second kappa shape index (κ2) is 7.99. The molecule has 0 unspecified atom stereocenters. The van der Waals surface area contributed by atoms with Crippen molar-refractivity contribution in [1.29, 1.82) is 0 Å². The van der Waals surface area contributed by atoms with Gasteiger partial charge in [-0.15, -0.1) is 0 Å². The lowest BCUT2D eigenvalue weighted by Gasteiger charge is -2.34. The van der Waals surface area contributed by atoms with Crippen LogP contribution in [0, 0.1) is 11.7 Å². The molecule has 1 atom stereocenters. The number of amides is 1. The fraction of sp³-hybridized carbons (Fsp3) is 0.409. The Bertz CT molecular complexity index is 785. The summed E-state index contributed by atoms with van der Waals surface area (Å²) >= 11 is 0. The van der Waals surface area contributed by atoms with Gasteiger partial charge in [0.05, 0.1) is 6.61 Å². The zero-order chi connectivity index (χ0) is 18.6. The fourth-order valence-electron chi connectivity index (χ4n) is 3.97. The smallest absolute Gasteiger partial charge is 0.223 e. The second-order valence-corrected chi connectivity index (χ2v) is 7.39. The summed E-state index contributed by atoms with van der Waals surface area (Å²) < 4.78 is 18.9. The van der Waals surface area contributed by atoms with Crippen LogP contribution in [-0.2, 0) is 11.2 Å². The molecule has 2 heterocycles. The Morgan fingerprint density at radius 1 is 1.04 bits per heavy atom. The van der Waals surface area contributed by atoms with E-state index in [1.54, 1.807) is 0 Å². The van der Waals surface area contributed by atoms with Gasteiger partial charge in [0.1, 0.15) is 11.6 Å². The SMILES string of the molecule is O=C(NC1CCN(c2ccc(F)cc2)CC1)[C@@H]1CCOc2ccccc2C1. The van der Waals surface area contributed by atoms with Gasteiger partial charge >= 0.3 is 0 Å². The quantitative estimate of drug-likeness (QED) is 0.901. The van der Waals surface area contributed by atoms with Crippen LogP contribution in [0.2, 0.25) is 0 Å². The molecule has 2 aromatic rings. The van der Waals surface area contributed by atoms with Crippen molar-refractivity contribution in [2.24, 2.45) is 5.92 Å². The van der Waals surface area contributed by atoms with Crippen molar-refractivity contribution < 1.29 is 13.9 Å². The number of nitrogens with one attached hydrogen (secondary N) is 1. The van der Waals surface area contributed by atoms with Gasteiger partial charge in [-0.2, -0.15) is 0 Å². The number of hydrogen-bond donors (Lipinski definition) is 1. The van der Waals surface area contributed by atoms with E-state index in [2.05, 4.69) is 10.2 Å². The summed E-state index contributed by atoms with van der Waals surface area (Å²) in [7, 11) is 0. The number of hydrogen-bond acceptors (Lipinski definition) is 3. The van der Waals surface area contributed by atoms with Gasteiger partial charge < -0.3 is 15.0 Å². The highest BCUT2D eigenvalue weighted by atomic mass is 19.1. The summed E-state index contributed by atoms with van der Waals surface area (Å²) in [5, 5.41) is 3.25. The van der Waals surface area contributed by atoms with E-state index in [0.29, 0.717) is 6.61 Å². The number of para-hydroxylation sites is 1. The van der Waals surface area contributed by atoms with Gasteiger partial charge in [0.25, 0.3) is 0 Å². The molecule has 4 nitrogen and oxygen atoms in total. The van der Waals surface area contributed by atoms with Gasteiger partial charge in [0.15, 0.2) is 0 Å². The maximum atomic E-state index is 13.1. The number of nitrogens with zero attached hydrogens (tertiary/aromatic N) is 1. The summed E-state index contributed by atoms with van der Waals surface area (Å²) in [5.74, 6) is 0.787. The topological polar surface area (TPSA) is 41.6 Å². The van der Waals surface area contributed by atoms with E-state index in [9.17, 15) is 9.18 Å². The van der Waals surface area contributed by atoms with Crippen molar-refractivity contribution in [3.8, 4) is 5.75 Å². The first kappa shape index (κ1) is 17.8. The van der Waals surface area contributed by atoms with Crippen LogP contribution >= 0.6 is 0 Å². The molecule has 2 aromatic carbocycles. The number of ether oxygens (including phenoxy) is 1. The van der Waals surface area contributed by atoms with Gasteiger partial charge in [-0.25, -0.2) is 4.39 Å². The lowest BCUT2D eigenvalue weighted by molar-refractivity contribution is -0.126. The summed E-state index contributed by atoms with van der Waals surface area (Å²) in [6.45, 7) is 2.32. The first-order valence-corrected chi connectivity index (χ1v) is 9.70. The van der Waals surface area contributed by atoms with E-state index in [1.807, 2.05) is 36.4 Å². The van der Waals surface area contributed by atoms with Crippen molar-refractivity contribution in [1.82, 2.24) is 5.32 Å². The molecule has 2 aliphatic heterocycles. The predicted molar refractivity (Wildman–Crippen MR) is 104 cm³/mol. The molecule has 0 radical (unpaired) electrons. The van der Waals surface area contributed by atoms with E-state index in [1.165, 1.54) is 12.1 Å². The number of benzene rings is 2. The molecule has 27 heavy (non-hydrogen) atoms. The average molecular weight is 368 g/mol. The minimum atomic E-state index is -0.213. The molecular weight excluding hydrogens is 343 g/mol. The van der Waals surface area contributed by atoms with Crippen LogP contribution < -0.4 is 15.0 Å². The van der Waals surface area contributed by atoms with E-state index in [-0.39, 0.29) is 23.7 Å². The molecule has 4 rings (SSSR count). The molecule has 1 fully saturated rings. The average Bonchev–Trinajstić information content (AvgIpc) is 2.92. The molecule has 0 saturated carbocycles. The molecule has 2 aliphatic rings. The number of fused-ring (bicyclic) bond motifs is 1. The Morgan fingerprint density at radius 3 is 2.56 bits per heavy atom. The summed E-state index contributed by atoms with van der Waals surface area (Å²) in [5.41, 5.74) is 2.15. The number of carbonyl (C=O) groups excluding carboxylic acids is 1. The molecule has 0 bridgehead atoms. The fourth-order valence-corrected chi connectivity index (χ4v) is 3.97. The molecule has 1 amide bonds. The monoisotopic (exact) mass is 368 g/mol. The lowest BCUT2D eigenvalue weighted by Crippen LogP contribution is -2.46. The Labute approximate surface area is 159 Å². The molecule has 142 valence electrons. The van der Waals surface area contributed by atoms with Gasteiger partial charge in [0.2, 0.25) is 5.91 Å². The maximum Gasteiger partial charge on any atom is 0.223 e. The van der Waals surface area contributed by atoms with Gasteiger partial charge in [0, 0.05) is 30.7 Å². The number of rotatable bonds is 3. The van der Waals surface area contributed by atoms with E-state index >= 15 is 0 Å². The molecule has 0 aromatic heterocycles. The van der Waals surface area contributed by atoms with Crippen LogP contribution in [0.1, 0.15) is 24.8 Å². The zero-order valence-electron chi connectivity index (χ0n) is 15.4. The van der Waals surface area contributed by atoms with Crippen LogP contribution in [0.25, 0.3) is 0 Å². The minimum absolute atomic E-state index is 0.0382. The normalized spacial score (nSPS) is 20.3. The molecular formula is C22H25FN2O2. The van der Waals surface area contributed by atoms with Crippen molar-refractivity contribution >= 4 is 11.6 Å². The molecule has 1 saturated heterocycles. The van der Waals surface area contributed by atoms with E-state index in [0.717, 1.165) is 55.8 Å². The third kappa shape index (κ3) is 4.24. The van der Waals surface area contributed by atoms with Crippen LogP contribution in [0.3, 0.4) is 0 Å². The Kier molecular flexibility index (Phi) is 5.28. The Morgan fingerprint density at radius 2 is 1.78 bits per heavy atom. The number of halogens is 1. The minimum Gasteiger partial charge on any atom is -0.493 e. The summed E-state index contributed by atoms with van der Waals surface area (Å²) in [6, 6.07) is 14.8.